The Hall–Kier alpha value is -0.940. The predicted octanol–water partition coefficient (Wildman–Crippen LogP) is 2.10. The molecule has 0 spiro atoms. The summed E-state index contributed by atoms with van der Waals surface area (Å²) in [5.41, 5.74) is 1.21. The Morgan fingerprint density at radius 1 is 1.28 bits per heavy atom. The molecule has 1 saturated heterocycles. The van der Waals surface area contributed by atoms with Crippen molar-refractivity contribution in [1.82, 2.24) is 10.3 Å². The number of aromatic nitrogens is 1. The van der Waals surface area contributed by atoms with Gasteiger partial charge in [0.1, 0.15) is 0 Å². The molecule has 0 radical (unpaired) electrons. The number of rotatable bonds is 2. The van der Waals surface area contributed by atoms with E-state index < -0.39 is 0 Å². The van der Waals surface area contributed by atoms with Crippen LogP contribution in [0.25, 0.3) is 0 Å². The first-order chi connectivity index (χ1) is 8.83. The highest BCUT2D eigenvalue weighted by molar-refractivity contribution is 7.15. The van der Waals surface area contributed by atoms with Gasteiger partial charge in [0.15, 0.2) is 5.13 Å². The Labute approximate surface area is 111 Å². The minimum Gasteiger partial charge on any atom is -0.306 e. The minimum absolute atomic E-state index is 0.0281. The average molecular weight is 265 g/mol. The van der Waals surface area contributed by atoms with E-state index in [4.69, 9.17) is 0 Å². The lowest BCUT2D eigenvalue weighted by Gasteiger charge is -2.21. The van der Waals surface area contributed by atoms with Gasteiger partial charge in [-0.2, -0.15) is 0 Å². The van der Waals surface area contributed by atoms with Gasteiger partial charge in [-0.25, -0.2) is 4.98 Å². The molecule has 98 valence electrons. The highest BCUT2D eigenvalue weighted by Gasteiger charge is 2.22. The van der Waals surface area contributed by atoms with Crippen LogP contribution in [0.4, 0.5) is 5.13 Å². The quantitative estimate of drug-likeness (QED) is 0.861. The van der Waals surface area contributed by atoms with Gasteiger partial charge in [-0.05, 0) is 45.1 Å². The normalized spacial score (nSPS) is 23.4. The molecular formula is C13H19N3OS. The molecule has 0 unspecified atom stereocenters. The lowest BCUT2D eigenvalue weighted by Crippen LogP contribution is -2.43. The second kappa shape index (κ2) is 5.36. The van der Waals surface area contributed by atoms with Crippen molar-refractivity contribution >= 4 is 22.4 Å². The van der Waals surface area contributed by atoms with Crippen LogP contribution in [0.2, 0.25) is 0 Å². The lowest BCUT2D eigenvalue weighted by atomic mass is 10.0. The van der Waals surface area contributed by atoms with Crippen LogP contribution in [0.5, 0.6) is 0 Å². The molecule has 1 aliphatic carbocycles. The number of amides is 1. The maximum absolute atomic E-state index is 12.1. The number of hydrogen-bond acceptors (Lipinski definition) is 4. The lowest BCUT2D eigenvalue weighted by molar-refractivity contribution is -0.118. The van der Waals surface area contributed by atoms with Crippen LogP contribution in [0.15, 0.2) is 0 Å². The maximum atomic E-state index is 12.1. The number of anilines is 1. The van der Waals surface area contributed by atoms with Gasteiger partial charge >= 0.3 is 0 Å². The summed E-state index contributed by atoms with van der Waals surface area (Å²) >= 11 is 1.66. The molecule has 3 rings (SSSR count). The fourth-order valence-corrected chi connectivity index (χ4v) is 3.73. The van der Waals surface area contributed by atoms with E-state index in [1.807, 2.05) is 0 Å². The summed E-state index contributed by atoms with van der Waals surface area (Å²) in [4.78, 5) is 18.0. The van der Waals surface area contributed by atoms with Crippen molar-refractivity contribution in [3.63, 3.8) is 0 Å². The van der Waals surface area contributed by atoms with Crippen molar-refractivity contribution in [2.24, 2.45) is 0 Å². The molecule has 1 aromatic heterocycles. The molecule has 1 aliphatic heterocycles. The molecule has 2 N–H and O–H groups in total. The van der Waals surface area contributed by atoms with Crippen LogP contribution in [0.1, 0.15) is 42.7 Å². The predicted molar refractivity (Wildman–Crippen MR) is 73.0 cm³/mol. The molecule has 2 aliphatic rings. The van der Waals surface area contributed by atoms with Gasteiger partial charge in [-0.15, -0.1) is 11.3 Å². The molecule has 2 heterocycles. The summed E-state index contributed by atoms with van der Waals surface area (Å²) < 4.78 is 0. The fourth-order valence-electron chi connectivity index (χ4n) is 2.67. The third-order valence-corrected chi connectivity index (χ3v) is 4.78. The van der Waals surface area contributed by atoms with Crippen molar-refractivity contribution in [2.45, 2.75) is 51.0 Å². The molecule has 1 aromatic rings. The van der Waals surface area contributed by atoms with Crippen LogP contribution in [-0.4, -0.2) is 23.5 Å². The Morgan fingerprint density at radius 3 is 2.94 bits per heavy atom. The first kappa shape index (κ1) is 12.1. The van der Waals surface area contributed by atoms with E-state index >= 15 is 0 Å². The summed E-state index contributed by atoms with van der Waals surface area (Å²) in [6.07, 6.45) is 7.95. The van der Waals surface area contributed by atoms with Gasteiger partial charge in [-0.1, -0.05) is 6.42 Å². The van der Waals surface area contributed by atoms with Crippen molar-refractivity contribution < 1.29 is 4.79 Å². The number of piperidine rings is 1. The zero-order valence-corrected chi connectivity index (χ0v) is 11.3. The largest absolute Gasteiger partial charge is 0.306 e. The number of carbonyl (C=O) groups excluding carboxylic acids is 1. The Bertz CT molecular complexity index is 414. The number of fused-ring (bicyclic) bond motifs is 1. The topological polar surface area (TPSA) is 54.0 Å². The molecule has 1 fully saturated rings. The first-order valence-electron chi connectivity index (χ1n) is 6.86. The number of aryl methyl sites for hydroxylation is 2. The van der Waals surface area contributed by atoms with Crippen molar-refractivity contribution in [3.05, 3.63) is 10.6 Å². The smallest absolute Gasteiger partial charge is 0.243 e. The number of thiazole rings is 1. The highest BCUT2D eigenvalue weighted by Crippen LogP contribution is 2.29. The molecular weight excluding hydrogens is 246 g/mol. The Balaban J connectivity index is 1.64. The third-order valence-electron chi connectivity index (χ3n) is 3.70. The summed E-state index contributed by atoms with van der Waals surface area (Å²) in [6, 6.07) is -0.0281. The van der Waals surface area contributed by atoms with E-state index in [-0.39, 0.29) is 11.9 Å². The molecule has 1 atom stereocenters. The number of carbonyl (C=O) groups is 1. The van der Waals surface area contributed by atoms with E-state index in [1.54, 1.807) is 11.3 Å². The van der Waals surface area contributed by atoms with Gasteiger partial charge < -0.3 is 10.6 Å². The monoisotopic (exact) mass is 265 g/mol. The summed E-state index contributed by atoms with van der Waals surface area (Å²) in [5, 5.41) is 7.03. The SMILES string of the molecule is O=C(Nc1nc2c(s1)CCCC2)[C@@H]1CCCCN1. The van der Waals surface area contributed by atoms with E-state index in [9.17, 15) is 4.79 Å². The third kappa shape index (κ3) is 2.57. The highest BCUT2D eigenvalue weighted by atomic mass is 32.1. The standard InChI is InChI=1S/C13H19N3OS/c17-12(10-6-3-4-8-14-10)16-13-15-9-5-1-2-7-11(9)18-13/h10,14H,1-8H2,(H,15,16,17)/t10-/m0/s1. The second-order valence-electron chi connectivity index (χ2n) is 5.09. The summed E-state index contributed by atoms with van der Waals surface area (Å²) in [6.45, 7) is 0.951. The zero-order valence-electron chi connectivity index (χ0n) is 10.5. The van der Waals surface area contributed by atoms with Crippen molar-refractivity contribution in [2.75, 3.05) is 11.9 Å². The minimum atomic E-state index is -0.0281. The maximum Gasteiger partial charge on any atom is 0.243 e. The van der Waals surface area contributed by atoms with Crippen LogP contribution in [-0.2, 0) is 17.6 Å². The molecule has 4 nitrogen and oxygen atoms in total. The Morgan fingerprint density at radius 2 is 2.17 bits per heavy atom. The van der Waals surface area contributed by atoms with Gasteiger partial charge in [0.25, 0.3) is 0 Å². The van der Waals surface area contributed by atoms with Crippen LogP contribution < -0.4 is 10.6 Å². The molecule has 1 amide bonds. The molecule has 18 heavy (non-hydrogen) atoms. The Kier molecular flexibility index (Phi) is 3.61. The molecule has 0 saturated carbocycles. The summed E-state index contributed by atoms with van der Waals surface area (Å²) in [7, 11) is 0. The van der Waals surface area contributed by atoms with Crippen molar-refractivity contribution in [3.8, 4) is 0 Å². The van der Waals surface area contributed by atoms with Gasteiger partial charge in [0.05, 0.1) is 11.7 Å². The van der Waals surface area contributed by atoms with E-state index in [2.05, 4.69) is 15.6 Å². The van der Waals surface area contributed by atoms with E-state index in [0.717, 1.165) is 37.4 Å². The summed E-state index contributed by atoms with van der Waals surface area (Å²) in [5.74, 6) is 0.0841. The van der Waals surface area contributed by atoms with Gasteiger partial charge in [-0.3, -0.25) is 4.79 Å². The van der Waals surface area contributed by atoms with Gasteiger partial charge in [0.2, 0.25) is 5.91 Å². The number of hydrogen-bond donors (Lipinski definition) is 2. The van der Waals surface area contributed by atoms with Crippen LogP contribution in [0.3, 0.4) is 0 Å². The van der Waals surface area contributed by atoms with Crippen LogP contribution >= 0.6 is 11.3 Å². The molecule has 0 bridgehead atoms. The molecule has 5 heteroatoms. The molecule has 0 aromatic carbocycles. The van der Waals surface area contributed by atoms with Gasteiger partial charge in [0, 0.05) is 4.88 Å². The second-order valence-corrected chi connectivity index (χ2v) is 6.17. The zero-order chi connectivity index (χ0) is 12.4. The number of nitrogens with zero attached hydrogens (tertiary/aromatic N) is 1. The van der Waals surface area contributed by atoms with Crippen molar-refractivity contribution in [1.29, 1.82) is 0 Å². The number of nitrogens with one attached hydrogen (secondary N) is 2. The van der Waals surface area contributed by atoms with E-state index in [0.29, 0.717) is 0 Å². The van der Waals surface area contributed by atoms with Crippen LogP contribution in [0, 0.1) is 0 Å². The average Bonchev–Trinajstić information content (AvgIpc) is 2.82. The van der Waals surface area contributed by atoms with E-state index in [1.165, 1.54) is 29.8 Å². The first-order valence-corrected chi connectivity index (χ1v) is 7.67. The fraction of sp³-hybridized carbons (Fsp3) is 0.692.